The van der Waals surface area contributed by atoms with E-state index in [-0.39, 0.29) is 19.0 Å². The van der Waals surface area contributed by atoms with Crippen LogP contribution in [0.5, 0.6) is 11.5 Å². The molecule has 1 aromatic heterocycles. The van der Waals surface area contributed by atoms with Gasteiger partial charge in [0.2, 0.25) is 0 Å². The Morgan fingerprint density at radius 1 is 1.15 bits per heavy atom. The third kappa shape index (κ3) is 2.44. The van der Waals surface area contributed by atoms with Gasteiger partial charge in [0, 0.05) is 23.7 Å². The fourth-order valence-electron chi connectivity index (χ4n) is 3.37. The molecule has 4 rings (SSSR count). The Kier molecular flexibility index (Phi) is 3.71. The number of fused-ring (bicyclic) bond motifs is 2. The van der Waals surface area contributed by atoms with Crippen LogP contribution < -0.4 is 15.2 Å². The zero-order valence-corrected chi connectivity index (χ0v) is 14.0. The second-order valence-electron chi connectivity index (χ2n) is 6.23. The Balaban J connectivity index is 1.89. The molecule has 2 aliphatic heterocycles. The van der Waals surface area contributed by atoms with Crippen molar-refractivity contribution in [2.24, 2.45) is 10.7 Å². The first-order valence-electron chi connectivity index (χ1n) is 8.08. The number of benzene rings is 1. The van der Waals surface area contributed by atoms with Gasteiger partial charge in [-0.05, 0) is 23.8 Å². The molecular weight excluding hydrogens is 344 g/mol. The van der Waals surface area contributed by atoms with Gasteiger partial charge in [0.15, 0.2) is 12.1 Å². The Hall–Kier alpha value is -2.90. The van der Waals surface area contributed by atoms with E-state index < -0.39 is 18.1 Å². The van der Waals surface area contributed by atoms with E-state index >= 15 is 0 Å². The Morgan fingerprint density at radius 3 is 2.81 bits per heavy atom. The van der Waals surface area contributed by atoms with Gasteiger partial charge in [0.05, 0.1) is 19.9 Å². The van der Waals surface area contributed by atoms with Gasteiger partial charge < -0.3 is 19.9 Å². The number of alkyl halides is 2. The lowest BCUT2D eigenvalue weighted by Gasteiger charge is -2.43. The summed E-state index contributed by atoms with van der Waals surface area (Å²) in [5, 5.41) is 0. The number of aromatic nitrogens is 1. The maximum absolute atomic E-state index is 14.9. The summed E-state index contributed by atoms with van der Waals surface area (Å²) in [5.41, 5.74) is 5.57. The molecule has 26 heavy (non-hydrogen) atoms. The Labute approximate surface area is 148 Å². The Bertz CT molecular complexity index is 888. The maximum Gasteiger partial charge on any atom is 0.310 e. The summed E-state index contributed by atoms with van der Waals surface area (Å²) in [6, 6.07) is 6.66. The van der Waals surface area contributed by atoms with E-state index in [1.54, 1.807) is 36.7 Å². The van der Waals surface area contributed by atoms with Crippen molar-refractivity contribution in [3.63, 3.8) is 0 Å². The van der Waals surface area contributed by atoms with E-state index in [0.717, 1.165) is 5.56 Å². The van der Waals surface area contributed by atoms with Gasteiger partial charge in [-0.15, -0.1) is 0 Å². The third-order valence-electron chi connectivity index (χ3n) is 4.74. The van der Waals surface area contributed by atoms with E-state index in [9.17, 15) is 8.78 Å². The van der Waals surface area contributed by atoms with Crippen molar-refractivity contribution in [2.45, 2.75) is 17.9 Å². The van der Waals surface area contributed by atoms with Gasteiger partial charge in [-0.1, -0.05) is 6.07 Å². The summed E-state index contributed by atoms with van der Waals surface area (Å²) >= 11 is 0. The minimum Gasteiger partial charge on any atom is -0.495 e. The number of rotatable bonds is 2. The second-order valence-corrected chi connectivity index (χ2v) is 6.23. The van der Waals surface area contributed by atoms with Crippen LogP contribution in [-0.4, -0.2) is 37.3 Å². The molecule has 8 heteroatoms. The molecule has 2 N–H and O–H groups in total. The Morgan fingerprint density at radius 2 is 2.00 bits per heavy atom. The minimum atomic E-state index is -3.21. The van der Waals surface area contributed by atoms with Crippen molar-refractivity contribution in [3.05, 3.63) is 42.2 Å². The number of nitrogens with two attached hydrogens (primary N) is 1. The monoisotopic (exact) mass is 361 g/mol. The van der Waals surface area contributed by atoms with E-state index in [4.69, 9.17) is 19.9 Å². The van der Waals surface area contributed by atoms with Crippen molar-refractivity contribution in [3.8, 4) is 22.6 Å². The minimum absolute atomic E-state index is 0.0108. The summed E-state index contributed by atoms with van der Waals surface area (Å²) in [5.74, 6) is -2.27. The maximum atomic E-state index is 14.9. The van der Waals surface area contributed by atoms with Crippen LogP contribution in [0.3, 0.4) is 0 Å². The summed E-state index contributed by atoms with van der Waals surface area (Å²) in [4.78, 5) is 8.15. The molecule has 1 spiro atoms. The summed E-state index contributed by atoms with van der Waals surface area (Å²) in [6.45, 7) is -0.688. The number of amidine groups is 1. The van der Waals surface area contributed by atoms with E-state index in [2.05, 4.69) is 9.98 Å². The van der Waals surface area contributed by atoms with E-state index in [0.29, 0.717) is 22.6 Å². The van der Waals surface area contributed by atoms with Crippen molar-refractivity contribution in [1.82, 2.24) is 4.98 Å². The van der Waals surface area contributed by atoms with Gasteiger partial charge >= 0.3 is 5.92 Å². The molecule has 0 unspecified atom stereocenters. The molecule has 0 fully saturated rings. The molecule has 2 aliphatic rings. The standard InChI is InChI=1S/C18H17F2N3O3/c1-24-13-6-12(8-22-9-13)11-2-3-15-14(7-11)17(4-5-25-15)18(19,20)10-26-16(21)23-17/h2-3,6-9H,4-5,10H2,1H3,(H2,21,23)/t17-/m1/s1. The number of hydrogen-bond acceptors (Lipinski definition) is 6. The molecule has 1 atom stereocenters. The smallest absolute Gasteiger partial charge is 0.310 e. The molecule has 0 amide bonds. The lowest BCUT2D eigenvalue weighted by atomic mass is 9.78. The average molecular weight is 361 g/mol. The van der Waals surface area contributed by atoms with Crippen LogP contribution in [0.15, 0.2) is 41.7 Å². The van der Waals surface area contributed by atoms with Crippen LogP contribution >= 0.6 is 0 Å². The zero-order valence-electron chi connectivity index (χ0n) is 14.0. The van der Waals surface area contributed by atoms with Crippen molar-refractivity contribution in [1.29, 1.82) is 0 Å². The molecule has 136 valence electrons. The van der Waals surface area contributed by atoms with Gasteiger partial charge in [0.25, 0.3) is 6.02 Å². The van der Waals surface area contributed by atoms with Crippen molar-refractivity contribution >= 4 is 6.02 Å². The predicted octanol–water partition coefficient (Wildman–Crippen LogP) is 2.72. The molecular formula is C18H17F2N3O3. The highest BCUT2D eigenvalue weighted by Crippen LogP contribution is 2.52. The van der Waals surface area contributed by atoms with Gasteiger partial charge in [-0.3, -0.25) is 4.98 Å². The number of ether oxygens (including phenoxy) is 3. The normalized spacial score (nSPS) is 23.4. The number of pyridine rings is 1. The van der Waals surface area contributed by atoms with Crippen LogP contribution in [0.25, 0.3) is 11.1 Å². The molecule has 0 radical (unpaired) electrons. The molecule has 2 aromatic rings. The van der Waals surface area contributed by atoms with Gasteiger partial charge in [-0.25, -0.2) is 4.99 Å². The topological polar surface area (TPSA) is 79.0 Å². The van der Waals surface area contributed by atoms with Crippen LogP contribution in [-0.2, 0) is 10.3 Å². The summed E-state index contributed by atoms with van der Waals surface area (Å²) in [6.07, 6.45) is 3.22. The molecule has 6 nitrogen and oxygen atoms in total. The second kappa shape index (κ2) is 5.82. The lowest BCUT2D eigenvalue weighted by molar-refractivity contribution is -0.132. The number of nitrogens with zero attached hydrogens (tertiary/aromatic N) is 2. The van der Waals surface area contributed by atoms with Crippen LogP contribution in [0, 0.1) is 0 Å². The fraction of sp³-hybridized carbons (Fsp3) is 0.333. The van der Waals surface area contributed by atoms with Crippen LogP contribution in [0.1, 0.15) is 12.0 Å². The van der Waals surface area contributed by atoms with Gasteiger partial charge in [0.1, 0.15) is 11.5 Å². The number of hydrogen-bond donors (Lipinski definition) is 1. The molecule has 0 saturated heterocycles. The first-order valence-corrected chi connectivity index (χ1v) is 8.08. The average Bonchev–Trinajstić information content (AvgIpc) is 2.65. The van der Waals surface area contributed by atoms with E-state index in [1.807, 2.05) is 0 Å². The highest BCUT2D eigenvalue weighted by atomic mass is 19.3. The SMILES string of the molecule is COc1cncc(-c2ccc3c(c2)[C@@]2(CCO3)N=C(N)OCC2(F)F)c1. The van der Waals surface area contributed by atoms with Crippen molar-refractivity contribution < 1.29 is 23.0 Å². The predicted molar refractivity (Wildman–Crippen MR) is 90.5 cm³/mol. The highest BCUT2D eigenvalue weighted by molar-refractivity contribution is 5.74. The molecule has 0 saturated carbocycles. The number of aliphatic imine (C=N–C) groups is 1. The molecule has 3 heterocycles. The van der Waals surface area contributed by atoms with E-state index in [1.165, 1.54) is 7.11 Å². The summed E-state index contributed by atoms with van der Waals surface area (Å²) in [7, 11) is 1.54. The zero-order chi connectivity index (χ0) is 18.4. The molecule has 0 aliphatic carbocycles. The summed E-state index contributed by atoms with van der Waals surface area (Å²) < 4.78 is 45.3. The lowest BCUT2D eigenvalue weighted by Crippen LogP contribution is -2.54. The first-order chi connectivity index (χ1) is 12.4. The largest absolute Gasteiger partial charge is 0.495 e. The quantitative estimate of drug-likeness (QED) is 0.890. The van der Waals surface area contributed by atoms with Crippen molar-refractivity contribution in [2.75, 3.05) is 20.3 Å². The fourth-order valence-corrected chi connectivity index (χ4v) is 3.37. The number of halogens is 2. The van der Waals surface area contributed by atoms with Crippen LogP contribution in [0.4, 0.5) is 8.78 Å². The third-order valence-corrected chi connectivity index (χ3v) is 4.74. The highest BCUT2D eigenvalue weighted by Gasteiger charge is 2.60. The molecule has 1 aromatic carbocycles. The molecule has 0 bridgehead atoms. The van der Waals surface area contributed by atoms with Gasteiger partial charge in [-0.2, -0.15) is 8.78 Å². The number of methoxy groups -OCH3 is 1. The van der Waals surface area contributed by atoms with Crippen LogP contribution in [0.2, 0.25) is 0 Å². The first kappa shape index (κ1) is 16.6.